The smallest absolute Gasteiger partial charge is 0.124 e. The normalized spacial score (nSPS) is 15.4. The second-order valence-electron chi connectivity index (χ2n) is 6.41. The van der Waals surface area contributed by atoms with Crippen LogP contribution in [0.1, 0.15) is 41.2 Å². The molecule has 2 aromatic carbocycles. The van der Waals surface area contributed by atoms with Crippen LogP contribution in [0.4, 0.5) is 10.7 Å². The third kappa shape index (κ3) is 3.69. The molecule has 5 nitrogen and oxygen atoms in total. The Balaban J connectivity index is 1.60. The highest BCUT2D eigenvalue weighted by atomic mass is 32.1. The first kappa shape index (κ1) is 17.3. The van der Waals surface area contributed by atoms with E-state index >= 15 is 0 Å². The highest BCUT2D eigenvalue weighted by Gasteiger charge is 2.22. The number of aryl methyl sites for hydroxylation is 1. The third-order valence-corrected chi connectivity index (χ3v) is 5.37. The topological polar surface area (TPSA) is 81.8 Å². The molecule has 0 radical (unpaired) electrons. The molecule has 1 aliphatic rings. The lowest BCUT2D eigenvalue weighted by atomic mass is 9.88. The van der Waals surface area contributed by atoms with Crippen LogP contribution in [0.25, 0.3) is 0 Å². The first-order chi connectivity index (χ1) is 13.3. The molecule has 4 rings (SSSR count). The zero-order chi connectivity index (χ0) is 18.6. The lowest BCUT2D eigenvalue weighted by Crippen LogP contribution is -2.15. The Labute approximate surface area is 161 Å². The molecule has 1 atom stereocenters. The molecule has 0 aliphatic heterocycles. The van der Waals surface area contributed by atoms with Crippen LogP contribution < -0.4 is 10.1 Å². The van der Waals surface area contributed by atoms with Crippen molar-refractivity contribution in [3.8, 4) is 11.8 Å². The molecule has 0 spiro atoms. The molecular weight excluding hydrogens is 356 g/mol. The first-order valence-electron chi connectivity index (χ1n) is 8.76. The molecule has 1 heterocycles. The predicted octanol–water partition coefficient (Wildman–Crippen LogP) is 5.21. The van der Waals surface area contributed by atoms with E-state index in [9.17, 15) is 0 Å². The molecule has 3 aromatic rings. The molecule has 0 amide bonds. The van der Waals surface area contributed by atoms with Crippen LogP contribution in [0.5, 0.6) is 5.75 Å². The molecule has 1 aromatic heterocycles. The molecular formula is C21H18N4OS. The van der Waals surface area contributed by atoms with Crippen molar-refractivity contribution < 1.29 is 4.74 Å². The fourth-order valence-corrected chi connectivity index (χ4v) is 3.90. The van der Waals surface area contributed by atoms with Crippen LogP contribution in [0.3, 0.4) is 0 Å². The number of benzene rings is 2. The molecule has 134 valence electrons. The number of aromatic nitrogens is 1. The van der Waals surface area contributed by atoms with Crippen molar-refractivity contribution in [2.24, 2.45) is 0 Å². The Morgan fingerprint density at radius 1 is 1.30 bits per heavy atom. The van der Waals surface area contributed by atoms with Crippen LogP contribution in [0, 0.1) is 16.7 Å². The number of thiazole rings is 1. The molecule has 2 N–H and O–H groups in total. The number of rotatable bonds is 5. The summed E-state index contributed by atoms with van der Waals surface area (Å²) in [6.07, 6.45) is 6.03. The maximum absolute atomic E-state index is 9.12. The van der Waals surface area contributed by atoms with Gasteiger partial charge in [-0.05, 0) is 54.7 Å². The maximum Gasteiger partial charge on any atom is 0.124 e. The second-order valence-corrected chi connectivity index (χ2v) is 7.29. The second kappa shape index (κ2) is 7.60. The van der Waals surface area contributed by atoms with Crippen LogP contribution in [-0.2, 0) is 6.42 Å². The summed E-state index contributed by atoms with van der Waals surface area (Å²) in [5.41, 5.74) is 6.43. The minimum absolute atomic E-state index is 0.0245. The van der Waals surface area contributed by atoms with Crippen molar-refractivity contribution in [1.82, 2.24) is 4.98 Å². The van der Waals surface area contributed by atoms with E-state index in [4.69, 9.17) is 15.4 Å². The Morgan fingerprint density at radius 2 is 2.22 bits per heavy atom. The number of anilines is 2. The first-order valence-corrected chi connectivity index (χ1v) is 9.64. The van der Waals surface area contributed by atoms with E-state index in [1.54, 1.807) is 11.7 Å². The fraction of sp³-hybridized carbons (Fsp3) is 0.190. The summed E-state index contributed by atoms with van der Waals surface area (Å²) in [6.45, 7) is 0. The number of hydrogen-bond donors (Lipinski definition) is 2. The highest BCUT2D eigenvalue weighted by Crippen LogP contribution is 2.35. The Morgan fingerprint density at radius 3 is 3.00 bits per heavy atom. The quantitative estimate of drug-likeness (QED) is 0.601. The Bertz CT molecular complexity index is 1010. The van der Waals surface area contributed by atoms with E-state index in [2.05, 4.69) is 16.4 Å². The van der Waals surface area contributed by atoms with E-state index in [-0.39, 0.29) is 6.10 Å². The zero-order valence-corrected chi connectivity index (χ0v) is 15.4. The average molecular weight is 374 g/mol. The van der Waals surface area contributed by atoms with E-state index in [1.807, 2.05) is 36.4 Å². The van der Waals surface area contributed by atoms with Crippen molar-refractivity contribution in [2.75, 3.05) is 5.32 Å². The molecule has 0 saturated carbocycles. The number of nitrogens with one attached hydrogen (secondary N) is 2. The zero-order valence-electron chi connectivity index (χ0n) is 14.6. The van der Waals surface area contributed by atoms with Gasteiger partial charge in [0.25, 0.3) is 0 Å². The summed E-state index contributed by atoms with van der Waals surface area (Å²) >= 11 is 1.51. The summed E-state index contributed by atoms with van der Waals surface area (Å²) in [5.74, 6) is 0.759. The van der Waals surface area contributed by atoms with Gasteiger partial charge in [0, 0.05) is 17.8 Å². The Kier molecular flexibility index (Phi) is 4.86. The molecule has 0 fully saturated rings. The predicted molar refractivity (Wildman–Crippen MR) is 107 cm³/mol. The minimum Gasteiger partial charge on any atom is -0.486 e. The molecule has 0 bridgehead atoms. The van der Waals surface area contributed by atoms with Gasteiger partial charge in [-0.2, -0.15) is 5.26 Å². The van der Waals surface area contributed by atoms with Gasteiger partial charge >= 0.3 is 0 Å². The summed E-state index contributed by atoms with van der Waals surface area (Å²) in [7, 11) is 0. The van der Waals surface area contributed by atoms with E-state index in [0.29, 0.717) is 5.56 Å². The molecule has 27 heavy (non-hydrogen) atoms. The van der Waals surface area contributed by atoms with Crippen molar-refractivity contribution in [3.63, 3.8) is 0 Å². The highest BCUT2D eigenvalue weighted by molar-refractivity contribution is 7.13. The van der Waals surface area contributed by atoms with Crippen molar-refractivity contribution in [2.45, 2.75) is 25.4 Å². The third-order valence-electron chi connectivity index (χ3n) is 4.68. The van der Waals surface area contributed by atoms with Gasteiger partial charge < -0.3 is 15.5 Å². The molecule has 0 unspecified atom stereocenters. The fourth-order valence-electron chi connectivity index (χ4n) is 3.38. The van der Waals surface area contributed by atoms with E-state index < -0.39 is 0 Å². The summed E-state index contributed by atoms with van der Waals surface area (Å²) in [6, 6.07) is 13.8. The van der Waals surface area contributed by atoms with Crippen molar-refractivity contribution in [3.05, 3.63) is 70.4 Å². The lowest BCUT2D eigenvalue weighted by molar-refractivity contribution is 0.183. The number of nitrogens with zero attached hydrogens (tertiary/aromatic N) is 2. The maximum atomic E-state index is 9.12. The molecule has 1 aliphatic carbocycles. The Hall–Kier alpha value is -3.17. The molecule has 0 saturated heterocycles. The molecule has 6 heteroatoms. The van der Waals surface area contributed by atoms with Crippen LogP contribution in [0.2, 0.25) is 0 Å². The van der Waals surface area contributed by atoms with Crippen LogP contribution in [0.15, 0.2) is 48.1 Å². The van der Waals surface area contributed by atoms with Gasteiger partial charge in [0.15, 0.2) is 0 Å². The lowest BCUT2D eigenvalue weighted by Gasteiger charge is -2.27. The summed E-state index contributed by atoms with van der Waals surface area (Å²) in [4.78, 5) is 4.07. The standard InChI is InChI=1S/C21H18N4OS/c22-10-14-4-7-18-15(8-14)2-1-3-20(18)26-17-6-5-16(11-23)19(9-17)25-21-12-24-13-27-21/h4-9,11-13,20,23,25H,1-3H2/t20-/m0/s1. The number of nitriles is 1. The van der Waals surface area contributed by atoms with Gasteiger partial charge in [-0.1, -0.05) is 6.07 Å². The van der Waals surface area contributed by atoms with Crippen LogP contribution in [-0.4, -0.2) is 11.2 Å². The van der Waals surface area contributed by atoms with Gasteiger partial charge in [0.1, 0.15) is 16.9 Å². The van der Waals surface area contributed by atoms with Crippen molar-refractivity contribution >= 4 is 28.2 Å². The van der Waals surface area contributed by atoms with Gasteiger partial charge in [-0.15, -0.1) is 11.3 Å². The minimum atomic E-state index is -0.0245. The van der Waals surface area contributed by atoms with E-state index in [0.717, 1.165) is 46.8 Å². The summed E-state index contributed by atoms with van der Waals surface area (Å²) < 4.78 is 6.30. The van der Waals surface area contributed by atoms with Gasteiger partial charge in [-0.3, -0.25) is 4.98 Å². The van der Waals surface area contributed by atoms with Gasteiger partial charge in [-0.25, -0.2) is 0 Å². The SMILES string of the molecule is N#Cc1ccc2c(c1)CCC[C@@H]2Oc1ccc(C=N)c(Nc2cncs2)c1. The van der Waals surface area contributed by atoms with E-state index in [1.165, 1.54) is 23.1 Å². The number of hydrogen-bond acceptors (Lipinski definition) is 6. The number of ether oxygens (including phenoxy) is 1. The average Bonchev–Trinajstić information content (AvgIpc) is 3.21. The van der Waals surface area contributed by atoms with Gasteiger partial charge in [0.2, 0.25) is 0 Å². The van der Waals surface area contributed by atoms with Crippen molar-refractivity contribution in [1.29, 1.82) is 10.7 Å². The van der Waals surface area contributed by atoms with Gasteiger partial charge in [0.05, 0.1) is 29.0 Å². The monoisotopic (exact) mass is 374 g/mol. The number of fused-ring (bicyclic) bond motifs is 1. The largest absolute Gasteiger partial charge is 0.486 e. The van der Waals surface area contributed by atoms with Crippen LogP contribution >= 0.6 is 11.3 Å². The summed E-state index contributed by atoms with van der Waals surface area (Å²) in [5, 5.41) is 21.0.